The smallest absolute Gasteiger partial charge is 0.325 e. The summed E-state index contributed by atoms with van der Waals surface area (Å²) in [6.45, 7) is 13.5. The first-order valence-electron chi connectivity index (χ1n) is 13.9. The summed E-state index contributed by atoms with van der Waals surface area (Å²) >= 11 is 0. The fraction of sp³-hybridized carbons (Fsp3) is 0.571. The van der Waals surface area contributed by atoms with Gasteiger partial charge in [-0.3, -0.25) is 9.69 Å². The second kappa shape index (κ2) is 10.2. The number of pyridine rings is 2. The maximum absolute atomic E-state index is 13.6. The van der Waals surface area contributed by atoms with Gasteiger partial charge in [-0.05, 0) is 68.7 Å². The molecule has 0 aliphatic carbocycles. The van der Waals surface area contributed by atoms with Gasteiger partial charge < -0.3 is 15.1 Å². The standard InChI is InChI=1S/C28H39N7O4S/c1-27(2,3)18-33-14-15-34(26(33)37)22-12-11-20-24(31-22)35-17-19(16-28(35,4)5)8-7-13-29-21-9-6-10-23(30-21)40(38,39)32-25(20)36/h6,9-12,19H,7-8,13-18H2,1-5H3,(H,29,30)(H,32,36)/t19-/m0/s1. The number of nitrogens with one attached hydrogen (secondary N) is 2. The maximum atomic E-state index is 13.6. The molecule has 40 heavy (non-hydrogen) atoms. The normalized spacial score (nSPS) is 22.7. The second-order valence-electron chi connectivity index (χ2n) is 12.8. The molecule has 5 rings (SSSR count). The average Bonchev–Trinajstić information content (AvgIpc) is 3.37. The third-order valence-electron chi connectivity index (χ3n) is 7.68. The van der Waals surface area contributed by atoms with Gasteiger partial charge in [0.2, 0.25) is 0 Å². The number of urea groups is 1. The third-order valence-corrected chi connectivity index (χ3v) is 8.91. The number of carbonyl (C=O) groups excluding carboxylic acids is 2. The number of sulfonamides is 1. The van der Waals surface area contributed by atoms with Crippen molar-refractivity contribution in [1.82, 2.24) is 19.6 Å². The molecule has 2 saturated heterocycles. The van der Waals surface area contributed by atoms with Crippen molar-refractivity contribution in [2.45, 2.75) is 64.4 Å². The van der Waals surface area contributed by atoms with Crippen LogP contribution in [0.3, 0.4) is 0 Å². The van der Waals surface area contributed by atoms with Crippen LogP contribution < -0.4 is 19.8 Å². The topological polar surface area (TPSA) is 128 Å². The van der Waals surface area contributed by atoms with Crippen LogP contribution in [0.2, 0.25) is 0 Å². The molecule has 2 aromatic rings. The first-order valence-corrected chi connectivity index (χ1v) is 15.4. The van der Waals surface area contributed by atoms with Crippen molar-refractivity contribution in [3.63, 3.8) is 0 Å². The van der Waals surface area contributed by atoms with Gasteiger partial charge in [0.05, 0.1) is 5.56 Å². The molecule has 5 heterocycles. The molecule has 0 radical (unpaired) electrons. The number of hydrogen-bond donors (Lipinski definition) is 2. The van der Waals surface area contributed by atoms with Crippen LogP contribution in [0.5, 0.6) is 0 Å². The van der Waals surface area contributed by atoms with E-state index in [1.54, 1.807) is 29.2 Å². The Morgan fingerprint density at radius 2 is 1.85 bits per heavy atom. The molecule has 0 spiro atoms. The lowest BCUT2D eigenvalue weighted by Gasteiger charge is -2.34. The number of amides is 3. The molecule has 2 N–H and O–H groups in total. The van der Waals surface area contributed by atoms with Crippen molar-refractivity contribution in [1.29, 1.82) is 0 Å². The van der Waals surface area contributed by atoms with Crippen LogP contribution >= 0.6 is 0 Å². The molecule has 0 unspecified atom stereocenters. The van der Waals surface area contributed by atoms with Crippen molar-refractivity contribution in [2.75, 3.05) is 47.8 Å². The number of aromatic nitrogens is 2. The van der Waals surface area contributed by atoms with Crippen molar-refractivity contribution >= 4 is 39.4 Å². The summed E-state index contributed by atoms with van der Waals surface area (Å²) in [5.74, 6) is 0.856. The lowest BCUT2D eigenvalue weighted by molar-refractivity contribution is 0.0981. The van der Waals surface area contributed by atoms with E-state index in [9.17, 15) is 18.0 Å². The predicted octanol–water partition coefficient (Wildman–Crippen LogP) is 3.69. The fourth-order valence-electron chi connectivity index (χ4n) is 5.94. The Morgan fingerprint density at radius 1 is 1.07 bits per heavy atom. The Balaban J connectivity index is 1.55. The summed E-state index contributed by atoms with van der Waals surface area (Å²) in [6.07, 6.45) is 2.74. The van der Waals surface area contributed by atoms with Gasteiger partial charge >= 0.3 is 6.03 Å². The van der Waals surface area contributed by atoms with Gasteiger partial charge in [0.15, 0.2) is 5.03 Å². The molecule has 3 aliphatic rings. The molecule has 12 heteroatoms. The van der Waals surface area contributed by atoms with Crippen LogP contribution in [0, 0.1) is 11.3 Å². The van der Waals surface area contributed by atoms with Gasteiger partial charge in [-0.25, -0.2) is 19.5 Å². The van der Waals surface area contributed by atoms with E-state index in [0.717, 1.165) is 19.3 Å². The predicted molar refractivity (Wildman–Crippen MR) is 154 cm³/mol. The van der Waals surface area contributed by atoms with E-state index in [-0.39, 0.29) is 27.6 Å². The molecule has 3 aliphatic heterocycles. The number of carbonyl (C=O) groups is 2. The van der Waals surface area contributed by atoms with Crippen molar-refractivity contribution in [3.05, 3.63) is 35.9 Å². The van der Waals surface area contributed by atoms with Crippen LogP contribution in [0.15, 0.2) is 35.4 Å². The minimum atomic E-state index is -4.24. The van der Waals surface area contributed by atoms with Gasteiger partial charge in [0, 0.05) is 38.3 Å². The summed E-state index contributed by atoms with van der Waals surface area (Å²) in [5.41, 5.74) is -0.228. The van der Waals surface area contributed by atoms with E-state index >= 15 is 0 Å². The van der Waals surface area contributed by atoms with Gasteiger partial charge in [-0.1, -0.05) is 26.8 Å². The lowest BCUT2D eigenvalue weighted by atomic mass is 9.93. The van der Waals surface area contributed by atoms with Crippen molar-refractivity contribution < 1.29 is 18.0 Å². The van der Waals surface area contributed by atoms with Crippen LogP contribution in [-0.2, 0) is 10.0 Å². The molecule has 1 atom stereocenters. The highest BCUT2D eigenvalue weighted by molar-refractivity contribution is 7.90. The van der Waals surface area contributed by atoms with Crippen molar-refractivity contribution in [3.8, 4) is 0 Å². The van der Waals surface area contributed by atoms with Gasteiger partial charge in [0.1, 0.15) is 17.5 Å². The quantitative estimate of drug-likeness (QED) is 0.561. The number of fused-ring (bicyclic) bond motifs is 6. The minimum absolute atomic E-state index is 0.0440. The van der Waals surface area contributed by atoms with Gasteiger partial charge in [-0.2, -0.15) is 8.42 Å². The molecule has 3 amide bonds. The van der Waals surface area contributed by atoms with Crippen LogP contribution in [-0.4, -0.2) is 73.5 Å². The summed E-state index contributed by atoms with van der Waals surface area (Å²) in [7, 11) is -4.24. The Morgan fingerprint density at radius 3 is 2.60 bits per heavy atom. The number of anilines is 3. The highest BCUT2D eigenvalue weighted by Crippen LogP contribution is 2.40. The van der Waals surface area contributed by atoms with Crippen LogP contribution in [0.4, 0.5) is 22.2 Å². The molecular weight excluding hydrogens is 530 g/mol. The largest absolute Gasteiger partial charge is 0.370 e. The highest BCUT2D eigenvalue weighted by Gasteiger charge is 2.41. The molecule has 0 aromatic carbocycles. The van der Waals surface area contributed by atoms with E-state index in [1.807, 2.05) is 4.90 Å². The first kappa shape index (κ1) is 28.1. The maximum Gasteiger partial charge on any atom is 0.325 e. The first-order chi connectivity index (χ1) is 18.7. The second-order valence-corrected chi connectivity index (χ2v) is 14.4. The summed E-state index contributed by atoms with van der Waals surface area (Å²) < 4.78 is 28.5. The number of hydrogen-bond acceptors (Lipinski definition) is 8. The number of rotatable bonds is 2. The molecular formula is C28H39N7O4S. The van der Waals surface area contributed by atoms with E-state index < -0.39 is 15.9 Å². The lowest BCUT2D eigenvalue weighted by Crippen LogP contribution is -2.41. The molecule has 4 bridgehead atoms. The molecule has 216 valence electrons. The molecule has 0 saturated carbocycles. The zero-order valence-corrected chi connectivity index (χ0v) is 24.7. The summed E-state index contributed by atoms with van der Waals surface area (Å²) in [5, 5.41) is 2.96. The minimum Gasteiger partial charge on any atom is -0.370 e. The van der Waals surface area contributed by atoms with E-state index in [0.29, 0.717) is 56.1 Å². The Kier molecular flexibility index (Phi) is 7.18. The van der Waals surface area contributed by atoms with E-state index in [2.05, 4.69) is 54.5 Å². The van der Waals surface area contributed by atoms with Gasteiger partial charge in [0.25, 0.3) is 15.9 Å². The zero-order chi connectivity index (χ0) is 28.9. The summed E-state index contributed by atoms with van der Waals surface area (Å²) in [4.78, 5) is 41.5. The highest BCUT2D eigenvalue weighted by atomic mass is 32.2. The zero-order valence-electron chi connectivity index (χ0n) is 23.9. The molecule has 11 nitrogen and oxygen atoms in total. The average molecular weight is 570 g/mol. The Hall–Kier alpha value is -3.41. The molecule has 2 aromatic heterocycles. The van der Waals surface area contributed by atoms with E-state index in [1.165, 1.54) is 6.07 Å². The monoisotopic (exact) mass is 569 g/mol. The van der Waals surface area contributed by atoms with Crippen molar-refractivity contribution in [2.24, 2.45) is 11.3 Å². The molecule has 2 fully saturated rings. The van der Waals surface area contributed by atoms with E-state index in [4.69, 9.17) is 4.98 Å². The Labute approximate surface area is 236 Å². The third kappa shape index (κ3) is 5.72. The number of nitrogens with zero attached hydrogens (tertiary/aromatic N) is 5. The Bertz CT molecular complexity index is 1420. The van der Waals surface area contributed by atoms with Gasteiger partial charge in [-0.15, -0.1) is 0 Å². The summed E-state index contributed by atoms with van der Waals surface area (Å²) in [6, 6.07) is 7.75. The SMILES string of the molecule is CC(C)(C)CN1CCN(c2ccc3c(n2)N2C[C@@H](CCCNc4cccc(n4)S(=O)(=O)NC3=O)CC2(C)C)C1=O. The van der Waals surface area contributed by atoms with Crippen LogP contribution in [0.25, 0.3) is 0 Å². The van der Waals surface area contributed by atoms with Crippen LogP contribution in [0.1, 0.15) is 64.2 Å². The fourth-order valence-corrected chi connectivity index (χ4v) is 6.87.